The van der Waals surface area contributed by atoms with Gasteiger partial charge in [0.2, 0.25) is 0 Å². The Balaban J connectivity index is 2.47. The van der Waals surface area contributed by atoms with Gasteiger partial charge in [-0.15, -0.1) is 0 Å². The van der Waals surface area contributed by atoms with Crippen molar-refractivity contribution in [1.82, 2.24) is 9.97 Å². The summed E-state index contributed by atoms with van der Waals surface area (Å²) in [6.45, 7) is 3.94. The second kappa shape index (κ2) is 6.35. The van der Waals surface area contributed by atoms with Gasteiger partial charge in [-0.1, -0.05) is 13.3 Å². The van der Waals surface area contributed by atoms with E-state index in [1.807, 2.05) is 32.0 Å². The molecule has 0 amide bonds. The van der Waals surface area contributed by atoms with E-state index in [0.29, 0.717) is 17.9 Å². The molecule has 1 N–H and O–H groups in total. The number of methoxy groups -OCH3 is 1. The van der Waals surface area contributed by atoms with E-state index < -0.39 is 5.97 Å². The van der Waals surface area contributed by atoms with Gasteiger partial charge in [0, 0.05) is 11.8 Å². The Morgan fingerprint density at radius 2 is 2.14 bits per heavy atom. The lowest BCUT2D eigenvalue weighted by Crippen LogP contribution is -2.07. The fraction of sp³-hybridized carbons (Fsp3) is 0.312. The lowest BCUT2D eigenvalue weighted by atomic mass is 10.1. The summed E-state index contributed by atoms with van der Waals surface area (Å²) >= 11 is 0. The largest absolute Gasteiger partial charge is 0.496 e. The molecule has 0 aliphatic carbocycles. The van der Waals surface area contributed by atoms with Crippen molar-refractivity contribution in [2.24, 2.45) is 0 Å². The zero-order valence-electron chi connectivity index (χ0n) is 12.4. The summed E-state index contributed by atoms with van der Waals surface area (Å²) in [5, 5.41) is 9.17. The number of aromatic nitrogens is 2. The Morgan fingerprint density at radius 3 is 2.71 bits per heavy atom. The van der Waals surface area contributed by atoms with Crippen LogP contribution in [0.25, 0.3) is 11.4 Å². The van der Waals surface area contributed by atoms with E-state index in [2.05, 4.69) is 9.97 Å². The molecular formula is C16H18N2O3. The first-order valence-electron chi connectivity index (χ1n) is 6.81. The molecule has 5 nitrogen and oxygen atoms in total. The van der Waals surface area contributed by atoms with Gasteiger partial charge < -0.3 is 9.84 Å². The molecule has 0 atom stereocenters. The van der Waals surface area contributed by atoms with Crippen LogP contribution >= 0.6 is 0 Å². The van der Waals surface area contributed by atoms with Gasteiger partial charge in [0.15, 0.2) is 5.82 Å². The smallest absolute Gasteiger partial charge is 0.339 e. The molecule has 0 bridgehead atoms. The number of hydrogen-bond donors (Lipinski definition) is 1. The Morgan fingerprint density at radius 1 is 1.38 bits per heavy atom. The average Bonchev–Trinajstić information content (AvgIpc) is 2.47. The molecule has 110 valence electrons. The SMILES string of the molecule is CCCc1nc(-c2ccc(OC)c(C)c2)ncc1C(=O)O. The van der Waals surface area contributed by atoms with Gasteiger partial charge in [0.25, 0.3) is 0 Å². The first-order valence-corrected chi connectivity index (χ1v) is 6.81. The second-order valence-electron chi connectivity index (χ2n) is 4.79. The molecule has 1 heterocycles. The van der Waals surface area contributed by atoms with Gasteiger partial charge >= 0.3 is 5.97 Å². The third kappa shape index (κ3) is 3.18. The molecule has 5 heteroatoms. The summed E-state index contributed by atoms with van der Waals surface area (Å²) in [5.41, 5.74) is 2.58. The lowest BCUT2D eigenvalue weighted by molar-refractivity contribution is 0.0694. The van der Waals surface area contributed by atoms with E-state index in [9.17, 15) is 4.79 Å². The minimum absolute atomic E-state index is 0.172. The predicted molar refractivity (Wildman–Crippen MR) is 79.7 cm³/mol. The standard InChI is InChI=1S/C16H18N2O3/c1-4-5-13-12(16(19)20)9-17-15(18-13)11-6-7-14(21-3)10(2)8-11/h6-9H,4-5H2,1-3H3,(H,19,20). The third-order valence-corrected chi connectivity index (χ3v) is 3.24. The van der Waals surface area contributed by atoms with Crippen molar-refractivity contribution in [2.45, 2.75) is 26.7 Å². The van der Waals surface area contributed by atoms with Crippen LogP contribution in [0, 0.1) is 6.92 Å². The van der Waals surface area contributed by atoms with Crippen LogP contribution in [-0.4, -0.2) is 28.2 Å². The molecule has 1 aromatic carbocycles. The highest BCUT2D eigenvalue weighted by Crippen LogP contribution is 2.24. The highest BCUT2D eigenvalue weighted by atomic mass is 16.5. The van der Waals surface area contributed by atoms with Gasteiger partial charge in [0.1, 0.15) is 5.75 Å². The number of ether oxygens (including phenoxy) is 1. The van der Waals surface area contributed by atoms with Crippen molar-refractivity contribution in [3.8, 4) is 17.1 Å². The van der Waals surface area contributed by atoms with Crippen LogP contribution in [-0.2, 0) is 6.42 Å². The number of carboxylic acid groups (broad SMARTS) is 1. The summed E-state index contributed by atoms with van der Waals surface area (Å²) in [4.78, 5) is 19.8. The number of nitrogens with zero attached hydrogens (tertiary/aromatic N) is 2. The molecule has 0 aliphatic rings. The number of carbonyl (C=O) groups is 1. The van der Waals surface area contributed by atoms with E-state index in [1.165, 1.54) is 6.20 Å². The van der Waals surface area contributed by atoms with E-state index in [4.69, 9.17) is 9.84 Å². The van der Waals surface area contributed by atoms with Crippen molar-refractivity contribution < 1.29 is 14.6 Å². The van der Waals surface area contributed by atoms with Crippen LogP contribution in [0.15, 0.2) is 24.4 Å². The maximum absolute atomic E-state index is 11.2. The van der Waals surface area contributed by atoms with Crippen LogP contribution in [0.1, 0.15) is 35.0 Å². The van der Waals surface area contributed by atoms with Gasteiger partial charge in [-0.05, 0) is 37.1 Å². The Kier molecular flexibility index (Phi) is 4.52. The van der Waals surface area contributed by atoms with Crippen molar-refractivity contribution >= 4 is 5.97 Å². The minimum Gasteiger partial charge on any atom is -0.496 e. The number of hydrogen-bond acceptors (Lipinski definition) is 4. The van der Waals surface area contributed by atoms with Crippen LogP contribution in [0.5, 0.6) is 5.75 Å². The second-order valence-corrected chi connectivity index (χ2v) is 4.79. The quantitative estimate of drug-likeness (QED) is 0.914. The van der Waals surface area contributed by atoms with Gasteiger partial charge in [-0.25, -0.2) is 14.8 Å². The van der Waals surface area contributed by atoms with Crippen molar-refractivity contribution in [3.63, 3.8) is 0 Å². The van der Waals surface area contributed by atoms with Crippen molar-refractivity contribution in [2.75, 3.05) is 7.11 Å². The number of benzene rings is 1. The minimum atomic E-state index is -0.990. The maximum atomic E-state index is 11.2. The van der Waals surface area contributed by atoms with Crippen LogP contribution in [0.4, 0.5) is 0 Å². The molecule has 2 aromatic rings. The molecule has 0 aliphatic heterocycles. The fourth-order valence-corrected chi connectivity index (χ4v) is 2.18. The van der Waals surface area contributed by atoms with E-state index in [0.717, 1.165) is 23.3 Å². The number of aryl methyl sites for hydroxylation is 2. The predicted octanol–water partition coefficient (Wildman–Crippen LogP) is 3.11. The number of aromatic carboxylic acids is 1. The summed E-state index contributed by atoms with van der Waals surface area (Å²) in [5.74, 6) is 0.347. The molecule has 2 rings (SSSR count). The van der Waals surface area contributed by atoms with Gasteiger partial charge in [0.05, 0.1) is 18.4 Å². The molecule has 0 saturated heterocycles. The first kappa shape index (κ1) is 15.0. The lowest BCUT2D eigenvalue weighted by Gasteiger charge is -2.09. The zero-order chi connectivity index (χ0) is 15.4. The van der Waals surface area contributed by atoms with Crippen LogP contribution in [0.3, 0.4) is 0 Å². The van der Waals surface area contributed by atoms with Crippen LogP contribution in [0.2, 0.25) is 0 Å². The topological polar surface area (TPSA) is 72.3 Å². The molecule has 0 fully saturated rings. The Hall–Kier alpha value is -2.43. The van der Waals surface area contributed by atoms with E-state index in [1.54, 1.807) is 7.11 Å². The molecule has 1 aromatic heterocycles. The fourth-order valence-electron chi connectivity index (χ4n) is 2.18. The molecule has 0 spiro atoms. The van der Waals surface area contributed by atoms with E-state index in [-0.39, 0.29) is 5.56 Å². The Bertz CT molecular complexity index is 669. The monoisotopic (exact) mass is 286 g/mol. The summed E-state index contributed by atoms with van der Waals surface area (Å²) in [6.07, 6.45) is 2.83. The average molecular weight is 286 g/mol. The first-order chi connectivity index (χ1) is 10.1. The molecule has 0 saturated carbocycles. The maximum Gasteiger partial charge on any atom is 0.339 e. The van der Waals surface area contributed by atoms with E-state index >= 15 is 0 Å². The summed E-state index contributed by atoms with van der Waals surface area (Å²) < 4.78 is 5.23. The molecule has 21 heavy (non-hydrogen) atoms. The molecule has 0 radical (unpaired) electrons. The van der Waals surface area contributed by atoms with Crippen LogP contribution < -0.4 is 4.74 Å². The third-order valence-electron chi connectivity index (χ3n) is 3.24. The number of carboxylic acids is 1. The zero-order valence-corrected chi connectivity index (χ0v) is 12.4. The van der Waals surface area contributed by atoms with Gasteiger partial charge in [-0.3, -0.25) is 0 Å². The molecular weight excluding hydrogens is 268 g/mol. The highest BCUT2D eigenvalue weighted by Gasteiger charge is 2.14. The van der Waals surface area contributed by atoms with Crippen molar-refractivity contribution in [1.29, 1.82) is 0 Å². The molecule has 0 unspecified atom stereocenters. The Labute approximate surface area is 123 Å². The van der Waals surface area contributed by atoms with Crippen molar-refractivity contribution in [3.05, 3.63) is 41.2 Å². The summed E-state index contributed by atoms with van der Waals surface area (Å²) in [6, 6.07) is 5.67. The number of rotatable bonds is 5. The van der Waals surface area contributed by atoms with Gasteiger partial charge in [-0.2, -0.15) is 0 Å². The summed E-state index contributed by atoms with van der Waals surface area (Å²) in [7, 11) is 1.62. The highest BCUT2D eigenvalue weighted by molar-refractivity contribution is 5.88. The normalized spacial score (nSPS) is 10.4.